The molecule has 0 aliphatic carbocycles. The Bertz CT molecular complexity index is 2820. The fourth-order valence-electron chi connectivity index (χ4n) is 7.50. The van der Waals surface area contributed by atoms with Crippen LogP contribution in [0, 0.1) is 29.6 Å². The molecule has 49 heavy (non-hydrogen) atoms. The molecule has 0 aliphatic rings. The van der Waals surface area contributed by atoms with Crippen molar-refractivity contribution in [2.75, 3.05) is 0 Å². The highest BCUT2D eigenvalue weighted by Crippen LogP contribution is 2.41. The lowest BCUT2D eigenvalue weighted by Crippen LogP contribution is -2.00. The van der Waals surface area contributed by atoms with Crippen LogP contribution in [0.4, 0.5) is 0 Å². The van der Waals surface area contributed by atoms with E-state index in [-0.39, 0.29) is 0 Å². The molecule has 0 amide bonds. The van der Waals surface area contributed by atoms with Gasteiger partial charge in [-0.05, 0) is 84.3 Å². The lowest BCUT2D eigenvalue weighted by atomic mass is 9.91. The lowest BCUT2D eigenvalue weighted by Gasteiger charge is -2.18. The Morgan fingerprint density at radius 1 is 0.429 bits per heavy atom. The van der Waals surface area contributed by atoms with E-state index in [0.29, 0.717) is 11.1 Å². The van der Waals surface area contributed by atoms with Crippen LogP contribution in [0.5, 0.6) is 0 Å². The van der Waals surface area contributed by atoms with Crippen molar-refractivity contribution in [2.24, 2.45) is 0 Å². The van der Waals surface area contributed by atoms with E-state index in [0.717, 1.165) is 66.5 Å². The minimum absolute atomic E-state index is 0.560. The molecule has 0 radical (unpaired) electrons. The monoisotopic (exact) mass is 624 g/mol. The van der Waals surface area contributed by atoms with E-state index in [9.17, 15) is 10.5 Å². The summed E-state index contributed by atoms with van der Waals surface area (Å²) >= 11 is 0. The summed E-state index contributed by atoms with van der Waals surface area (Å²) in [4.78, 5) is 0. The highest BCUT2D eigenvalue weighted by Gasteiger charge is 2.20. The van der Waals surface area contributed by atoms with E-state index >= 15 is 0 Å². The van der Waals surface area contributed by atoms with Gasteiger partial charge >= 0.3 is 0 Å². The smallest absolute Gasteiger partial charge is 0.101 e. The Morgan fingerprint density at radius 3 is 1.69 bits per heavy atom. The first kappa shape index (κ1) is 28.4. The summed E-state index contributed by atoms with van der Waals surface area (Å²) in [5.74, 6) is 0. The summed E-state index contributed by atoms with van der Waals surface area (Å²) in [7, 11) is 0. The Morgan fingerprint density at radius 2 is 1.02 bits per heavy atom. The van der Waals surface area contributed by atoms with Gasteiger partial charge in [0, 0.05) is 27.1 Å². The molecule has 228 valence electrons. The number of hydrogen-bond donors (Lipinski definition) is 0. The van der Waals surface area contributed by atoms with Crippen LogP contribution < -0.4 is 0 Å². The van der Waals surface area contributed by atoms with Crippen molar-refractivity contribution < 1.29 is 0 Å². The zero-order chi connectivity index (χ0) is 33.1. The number of hydrogen-bond acceptors (Lipinski definition) is 2. The minimum atomic E-state index is 0.560. The molecule has 4 heteroatoms. The van der Waals surface area contributed by atoms with Gasteiger partial charge in [-0.3, -0.25) is 0 Å². The predicted octanol–water partition coefficient (Wildman–Crippen LogP) is 11.3. The molecule has 0 bridgehead atoms. The Labute approximate surface area is 283 Å². The second kappa shape index (κ2) is 11.1. The van der Waals surface area contributed by atoms with Crippen LogP contribution in [0.2, 0.25) is 0 Å². The molecule has 4 nitrogen and oxygen atoms in total. The molecule has 0 aliphatic heterocycles. The van der Waals surface area contributed by atoms with Gasteiger partial charge in [-0.15, -0.1) is 0 Å². The number of rotatable bonds is 4. The van der Waals surface area contributed by atoms with Crippen molar-refractivity contribution in [2.45, 2.75) is 6.92 Å². The first-order valence-electron chi connectivity index (χ1n) is 16.3. The molecule has 0 spiro atoms. The number of aryl methyl sites for hydroxylation is 1. The average Bonchev–Trinajstić information content (AvgIpc) is 3.67. The summed E-state index contributed by atoms with van der Waals surface area (Å²) in [6.07, 6.45) is 0. The zero-order valence-corrected chi connectivity index (χ0v) is 26.7. The van der Waals surface area contributed by atoms with Gasteiger partial charge in [-0.1, -0.05) is 96.6 Å². The van der Waals surface area contributed by atoms with Gasteiger partial charge in [0.1, 0.15) is 6.07 Å². The van der Waals surface area contributed by atoms with Gasteiger partial charge in [0.2, 0.25) is 0 Å². The maximum atomic E-state index is 10.6. The van der Waals surface area contributed by atoms with Crippen molar-refractivity contribution in [3.05, 3.63) is 168 Å². The van der Waals surface area contributed by atoms with E-state index in [1.807, 2.05) is 36.4 Å². The van der Waals surface area contributed by atoms with Crippen LogP contribution in [0.25, 0.3) is 77.2 Å². The predicted molar refractivity (Wildman–Crippen MR) is 200 cm³/mol. The van der Waals surface area contributed by atoms with Crippen LogP contribution >= 0.6 is 0 Å². The number of nitrogens with zero attached hydrogens (tertiary/aromatic N) is 4. The molecule has 7 aromatic carbocycles. The topological polar surface area (TPSA) is 57.4 Å². The first-order valence-corrected chi connectivity index (χ1v) is 16.3. The number of aromatic nitrogens is 2. The standard InChI is InChI=1S/C45H28N4/c1-29-18-22-45-39(24-29)37-13-5-9-17-44(37)48(45)40-23-20-31(26-32(40)28-47)38-25-30(27-46)19-21-33(38)34-10-2-6-14-41(34)49-42-15-7-3-11-35(42)36-12-4-8-16-43(36)49/h2-26H,1H3. The molecule has 0 N–H and O–H groups in total. The quantitative estimate of drug-likeness (QED) is 0.196. The second-order valence-electron chi connectivity index (χ2n) is 12.5. The molecule has 9 aromatic rings. The fraction of sp³-hybridized carbons (Fsp3) is 0.0222. The van der Waals surface area contributed by atoms with Gasteiger partial charge in [-0.25, -0.2) is 0 Å². The highest BCUT2D eigenvalue weighted by molar-refractivity contribution is 6.11. The van der Waals surface area contributed by atoms with Crippen molar-refractivity contribution >= 4 is 43.6 Å². The molecule has 0 saturated heterocycles. The fourth-order valence-corrected chi connectivity index (χ4v) is 7.50. The van der Waals surface area contributed by atoms with Crippen molar-refractivity contribution in [1.29, 1.82) is 10.5 Å². The van der Waals surface area contributed by atoms with Gasteiger partial charge in [0.05, 0.1) is 50.6 Å². The summed E-state index contributed by atoms with van der Waals surface area (Å²) < 4.78 is 4.52. The third-order valence-electron chi connectivity index (χ3n) is 9.66. The zero-order valence-electron chi connectivity index (χ0n) is 26.7. The van der Waals surface area contributed by atoms with Gasteiger partial charge in [0.25, 0.3) is 0 Å². The van der Waals surface area contributed by atoms with Crippen LogP contribution in [0.1, 0.15) is 16.7 Å². The summed E-state index contributed by atoms with van der Waals surface area (Å²) in [5.41, 5.74) is 12.4. The molecule has 9 rings (SSSR count). The first-order chi connectivity index (χ1) is 24.1. The van der Waals surface area contributed by atoms with Crippen molar-refractivity contribution in [3.63, 3.8) is 0 Å². The van der Waals surface area contributed by atoms with E-state index < -0.39 is 0 Å². The lowest BCUT2D eigenvalue weighted by molar-refractivity contribution is 1.17. The SMILES string of the molecule is Cc1ccc2c(c1)c1ccccc1n2-c1ccc(-c2cc(C#N)ccc2-c2ccccc2-n2c3ccccc3c3ccccc32)cc1C#N. The molecule has 0 saturated carbocycles. The van der Waals surface area contributed by atoms with Crippen LogP contribution in [-0.4, -0.2) is 9.13 Å². The number of fused-ring (bicyclic) bond motifs is 6. The van der Waals surface area contributed by atoms with Crippen molar-refractivity contribution in [1.82, 2.24) is 9.13 Å². The normalized spacial score (nSPS) is 11.3. The van der Waals surface area contributed by atoms with Gasteiger partial charge in [0.15, 0.2) is 0 Å². The molecule has 0 atom stereocenters. The molecular weight excluding hydrogens is 597 g/mol. The van der Waals surface area contributed by atoms with E-state index in [1.54, 1.807) is 0 Å². The van der Waals surface area contributed by atoms with Crippen LogP contribution in [-0.2, 0) is 0 Å². The number of para-hydroxylation sites is 4. The average molecular weight is 625 g/mol. The largest absolute Gasteiger partial charge is 0.309 e. The van der Waals surface area contributed by atoms with E-state index in [2.05, 4.69) is 143 Å². The Hall–Kier alpha value is -6.88. The van der Waals surface area contributed by atoms with E-state index in [4.69, 9.17) is 0 Å². The third kappa shape index (κ3) is 4.36. The van der Waals surface area contributed by atoms with Crippen molar-refractivity contribution in [3.8, 4) is 45.8 Å². The molecule has 0 fully saturated rings. The number of nitriles is 2. The maximum absolute atomic E-state index is 10.6. The minimum Gasteiger partial charge on any atom is -0.309 e. The highest BCUT2D eigenvalue weighted by atomic mass is 15.0. The number of benzene rings is 7. The third-order valence-corrected chi connectivity index (χ3v) is 9.66. The summed E-state index contributed by atoms with van der Waals surface area (Å²) in [6, 6.07) is 57.0. The maximum Gasteiger partial charge on any atom is 0.101 e. The molecular formula is C45H28N4. The molecule has 2 heterocycles. The molecule has 0 unspecified atom stereocenters. The van der Waals surface area contributed by atoms with E-state index in [1.165, 1.54) is 16.3 Å². The Kier molecular flexibility index (Phi) is 6.44. The van der Waals surface area contributed by atoms with Gasteiger partial charge < -0.3 is 9.13 Å². The Balaban J connectivity index is 1.27. The van der Waals surface area contributed by atoms with Crippen LogP contribution in [0.15, 0.2) is 152 Å². The second-order valence-corrected chi connectivity index (χ2v) is 12.5. The summed E-state index contributed by atoms with van der Waals surface area (Å²) in [5, 5.41) is 25.3. The van der Waals surface area contributed by atoms with Gasteiger partial charge in [-0.2, -0.15) is 10.5 Å². The molecule has 2 aromatic heterocycles. The summed E-state index contributed by atoms with van der Waals surface area (Å²) in [6.45, 7) is 2.10. The van der Waals surface area contributed by atoms with Crippen LogP contribution in [0.3, 0.4) is 0 Å².